The highest BCUT2D eigenvalue weighted by Gasteiger charge is 2.34. The zero-order valence-corrected chi connectivity index (χ0v) is 22.5. The number of piperidine rings is 1. The van der Waals surface area contributed by atoms with Gasteiger partial charge in [-0.1, -0.05) is 35.9 Å². The first-order valence-corrected chi connectivity index (χ1v) is 14.2. The molecule has 8 heteroatoms. The summed E-state index contributed by atoms with van der Waals surface area (Å²) in [7, 11) is -3.35. The van der Waals surface area contributed by atoms with Crippen LogP contribution in [-0.4, -0.2) is 31.9 Å². The molecule has 0 amide bonds. The fraction of sp³-hybridized carbons (Fsp3) is 0.357. The maximum atomic E-state index is 12.0. The Morgan fingerprint density at radius 3 is 2.17 bits per heavy atom. The first-order valence-electron chi connectivity index (χ1n) is 12.2. The molecule has 3 aromatic rings. The molecule has 192 valence electrons. The highest BCUT2D eigenvalue weighted by molar-refractivity contribution is 7.93. The van der Waals surface area contributed by atoms with E-state index in [0.29, 0.717) is 30.1 Å². The number of aliphatic hydroxyl groups is 1. The fourth-order valence-corrected chi connectivity index (χ4v) is 5.29. The molecule has 0 spiro atoms. The molecule has 1 fully saturated rings. The van der Waals surface area contributed by atoms with Crippen molar-refractivity contribution in [2.24, 2.45) is 0 Å². The second kappa shape index (κ2) is 10.7. The SMILES string of the molecule is Cc1cc(NCc2ccc(NS(=O)(=O)C(C)C)cc2)ccc1N1CCC(O)(c2ccc(Cl)cc2)CC1. The van der Waals surface area contributed by atoms with Crippen LogP contribution in [0.15, 0.2) is 66.7 Å². The molecule has 4 rings (SSSR count). The smallest absolute Gasteiger partial charge is 0.235 e. The van der Waals surface area contributed by atoms with E-state index in [1.54, 1.807) is 26.0 Å². The van der Waals surface area contributed by atoms with Crippen molar-refractivity contribution in [3.63, 3.8) is 0 Å². The number of hydrogen-bond acceptors (Lipinski definition) is 5. The van der Waals surface area contributed by atoms with Crippen molar-refractivity contribution >= 4 is 38.7 Å². The van der Waals surface area contributed by atoms with Crippen LogP contribution in [0.3, 0.4) is 0 Å². The van der Waals surface area contributed by atoms with Crippen molar-refractivity contribution < 1.29 is 13.5 Å². The summed E-state index contributed by atoms with van der Waals surface area (Å²) < 4.78 is 26.7. The third-order valence-electron chi connectivity index (χ3n) is 6.84. The summed E-state index contributed by atoms with van der Waals surface area (Å²) in [6, 6.07) is 21.3. The van der Waals surface area contributed by atoms with Crippen LogP contribution >= 0.6 is 11.6 Å². The Morgan fingerprint density at radius 2 is 1.58 bits per heavy atom. The van der Waals surface area contributed by atoms with Gasteiger partial charge in [-0.3, -0.25) is 4.72 Å². The lowest BCUT2D eigenvalue weighted by molar-refractivity contribution is 0.0117. The Labute approximate surface area is 219 Å². The summed E-state index contributed by atoms with van der Waals surface area (Å²) >= 11 is 6.01. The standard InChI is InChI=1S/C28H34ClN3O3S/c1-20(2)36(34,35)31-25-10-4-22(5-11-25)19-30-26-12-13-27(21(3)18-26)32-16-14-28(33,15-17-32)23-6-8-24(29)9-7-23/h4-13,18,20,30-31,33H,14-17,19H2,1-3H3. The van der Waals surface area contributed by atoms with E-state index in [9.17, 15) is 13.5 Å². The van der Waals surface area contributed by atoms with Gasteiger partial charge in [0, 0.05) is 41.7 Å². The quantitative estimate of drug-likeness (QED) is 0.340. The van der Waals surface area contributed by atoms with Crippen LogP contribution in [0.5, 0.6) is 0 Å². The molecule has 1 aliphatic heterocycles. The summed E-state index contributed by atoms with van der Waals surface area (Å²) in [5.74, 6) is 0. The molecule has 0 bridgehead atoms. The first-order chi connectivity index (χ1) is 17.1. The Balaban J connectivity index is 1.33. The summed E-state index contributed by atoms with van der Waals surface area (Å²) in [6.07, 6.45) is 1.33. The van der Waals surface area contributed by atoms with Gasteiger partial charge in [0.2, 0.25) is 10.0 Å². The van der Waals surface area contributed by atoms with E-state index >= 15 is 0 Å². The minimum Gasteiger partial charge on any atom is -0.385 e. The van der Waals surface area contributed by atoms with Gasteiger partial charge in [-0.2, -0.15) is 0 Å². The van der Waals surface area contributed by atoms with E-state index in [2.05, 4.69) is 40.1 Å². The second-order valence-corrected chi connectivity index (χ2v) is 12.4. The highest BCUT2D eigenvalue weighted by Crippen LogP contribution is 2.36. The Kier molecular flexibility index (Phi) is 7.83. The summed E-state index contributed by atoms with van der Waals surface area (Å²) in [5.41, 5.74) is 5.11. The van der Waals surface area contributed by atoms with Crippen molar-refractivity contribution in [2.75, 3.05) is 28.0 Å². The number of nitrogens with zero attached hydrogens (tertiary/aromatic N) is 1. The first kappa shape index (κ1) is 26.3. The van der Waals surface area contributed by atoms with Gasteiger partial charge in [0.25, 0.3) is 0 Å². The molecule has 0 radical (unpaired) electrons. The van der Waals surface area contributed by atoms with Gasteiger partial charge >= 0.3 is 0 Å². The molecule has 1 saturated heterocycles. The third kappa shape index (κ3) is 6.14. The van der Waals surface area contributed by atoms with E-state index in [1.807, 2.05) is 36.4 Å². The van der Waals surface area contributed by atoms with Crippen molar-refractivity contribution in [2.45, 2.75) is 51.0 Å². The van der Waals surface area contributed by atoms with Gasteiger partial charge in [0.05, 0.1) is 10.9 Å². The molecule has 0 aliphatic carbocycles. The molecular formula is C28H34ClN3O3S. The van der Waals surface area contributed by atoms with Crippen LogP contribution in [0.4, 0.5) is 17.1 Å². The second-order valence-electron chi connectivity index (χ2n) is 9.77. The number of nitrogens with one attached hydrogen (secondary N) is 2. The lowest BCUT2D eigenvalue weighted by atomic mass is 9.84. The lowest BCUT2D eigenvalue weighted by Crippen LogP contribution is -2.42. The Bertz CT molecular complexity index is 1280. The minimum absolute atomic E-state index is 0.482. The number of halogens is 1. The van der Waals surface area contributed by atoms with Gasteiger partial charge in [-0.25, -0.2) is 8.42 Å². The number of aryl methyl sites for hydroxylation is 1. The molecule has 36 heavy (non-hydrogen) atoms. The Hall–Kier alpha value is -2.74. The van der Waals surface area contributed by atoms with E-state index in [4.69, 9.17) is 11.6 Å². The predicted molar refractivity (Wildman–Crippen MR) is 149 cm³/mol. The average Bonchev–Trinajstić information content (AvgIpc) is 2.84. The molecule has 3 N–H and O–H groups in total. The van der Waals surface area contributed by atoms with Crippen LogP contribution in [0, 0.1) is 6.92 Å². The van der Waals surface area contributed by atoms with Crippen LogP contribution in [0.1, 0.15) is 43.4 Å². The average molecular weight is 528 g/mol. The zero-order chi connectivity index (χ0) is 25.9. The van der Waals surface area contributed by atoms with Gasteiger partial charge in [0.15, 0.2) is 0 Å². The molecular weight excluding hydrogens is 494 g/mol. The van der Waals surface area contributed by atoms with E-state index < -0.39 is 20.9 Å². The number of anilines is 3. The van der Waals surface area contributed by atoms with Crippen molar-refractivity contribution in [1.29, 1.82) is 0 Å². The minimum atomic E-state index is -3.35. The molecule has 0 aromatic heterocycles. The van der Waals surface area contributed by atoms with Crippen LogP contribution in [0.2, 0.25) is 5.02 Å². The van der Waals surface area contributed by atoms with Gasteiger partial charge in [-0.15, -0.1) is 0 Å². The number of benzene rings is 3. The predicted octanol–water partition coefficient (Wildman–Crippen LogP) is 5.90. The Morgan fingerprint density at radius 1 is 0.972 bits per heavy atom. The van der Waals surface area contributed by atoms with Crippen molar-refractivity contribution in [1.82, 2.24) is 0 Å². The number of hydrogen-bond donors (Lipinski definition) is 3. The van der Waals surface area contributed by atoms with Crippen LogP contribution in [-0.2, 0) is 22.2 Å². The monoisotopic (exact) mass is 527 g/mol. The molecule has 1 aliphatic rings. The maximum absolute atomic E-state index is 12.0. The van der Waals surface area contributed by atoms with Crippen molar-refractivity contribution in [3.8, 4) is 0 Å². The molecule has 0 saturated carbocycles. The summed E-state index contributed by atoms with van der Waals surface area (Å²) in [5, 5.41) is 14.8. The van der Waals surface area contributed by atoms with Crippen molar-refractivity contribution in [3.05, 3.63) is 88.4 Å². The normalized spacial score (nSPS) is 15.7. The van der Waals surface area contributed by atoms with Crippen LogP contribution in [0.25, 0.3) is 0 Å². The van der Waals surface area contributed by atoms with E-state index in [1.165, 1.54) is 11.3 Å². The van der Waals surface area contributed by atoms with E-state index in [-0.39, 0.29) is 0 Å². The molecule has 0 atom stereocenters. The molecule has 6 nitrogen and oxygen atoms in total. The topological polar surface area (TPSA) is 81.7 Å². The largest absolute Gasteiger partial charge is 0.385 e. The molecule has 0 unspecified atom stereocenters. The number of sulfonamides is 1. The van der Waals surface area contributed by atoms with Gasteiger partial charge in [0.1, 0.15) is 0 Å². The maximum Gasteiger partial charge on any atom is 0.235 e. The fourth-order valence-electron chi connectivity index (χ4n) is 4.46. The molecule has 3 aromatic carbocycles. The molecule has 1 heterocycles. The zero-order valence-electron chi connectivity index (χ0n) is 21.0. The third-order valence-corrected chi connectivity index (χ3v) is 8.85. The summed E-state index contributed by atoms with van der Waals surface area (Å²) in [4.78, 5) is 2.33. The lowest BCUT2D eigenvalue weighted by Gasteiger charge is -2.40. The van der Waals surface area contributed by atoms with Gasteiger partial charge < -0.3 is 15.3 Å². The number of rotatable bonds is 8. The van der Waals surface area contributed by atoms with E-state index in [0.717, 1.165) is 29.9 Å². The van der Waals surface area contributed by atoms with Gasteiger partial charge in [-0.05, 0) is 92.8 Å². The summed E-state index contributed by atoms with van der Waals surface area (Å²) in [6.45, 7) is 7.60. The highest BCUT2D eigenvalue weighted by atomic mass is 35.5. The van der Waals surface area contributed by atoms with Crippen LogP contribution < -0.4 is 14.9 Å².